The van der Waals surface area contributed by atoms with Crippen LogP contribution in [0.4, 0.5) is 5.82 Å². The highest BCUT2D eigenvalue weighted by Gasteiger charge is 2.17. The molecule has 0 amide bonds. The van der Waals surface area contributed by atoms with Gasteiger partial charge in [-0.2, -0.15) is 0 Å². The Hall–Kier alpha value is -1.81. The monoisotopic (exact) mass is 288 g/mol. The molecule has 0 atom stereocenters. The molecule has 0 unspecified atom stereocenters. The van der Waals surface area contributed by atoms with Crippen molar-refractivity contribution in [3.63, 3.8) is 0 Å². The van der Waals surface area contributed by atoms with Crippen molar-refractivity contribution in [3.05, 3.63) is 30.3 Å². The summed E-state index contributed by atoms with van der Waals surface area (Å²) < 4.78 is 10.4. The smallest absolute Gasteiger partial charge is 0.126 e. The minimum atomic E-state index is 0.173. The summed E-state index contributed by atoms with van der Waals surface area (Å²) in [6.45, 7) is 6.10. The maximum Gasteiger partial charge on any atom is 0.126 e. The SMILES string of the molecule is COCCC(C)(C)CNc1ccc2cc(OC)ccc2n1. The zero-order chi connectivity index (χ0) is 15.3. The van der Waals surface area contributed by atoms with Crippen molar-refractivity contribution >= 4 is 16.7 Å². The highest BCUT2D eigenvalue weighted by molar-refractivity contribution is 5.81. The number of nitrogens with one attached hydrogen (secondary N) is 1. The molecule has 1 aromatic heterocycles. The Morgan fingerprint density at radius 3 is 2.67 bits per heavy atom. The van der Waals surface area contributed by atoms with Crippen LogP contribution in [0.25, 0.3) is 10.9 Å². The number of anilines is 1. The lowest BCUT2D eigenvalue weighted by molar-refractivity contribution is 0.157. The number of aromatic nitrogens is 1. The third-order valence-electron chi connectivity index (χ3n) is 3.63. The number of hydrogen-bond acceptors (Lipinski definition) is 4. The van der Waals surface area contributed by atoms with Gasteiger partial charge in [0.1, 0.15) is 11.6 Å². The quantitative estimate of drug-likeness (QED) is 0.843. The van der Waals surface area contributed by atoms with E-state index in [0.29, 0.717) is 0 Å². The van der Waals surface area contributed by atoms with Crippen LogP contribution in [0.15, 0.2) is 30.3 Å². The van der Waals surface area contributed by atoms with E-state index in [2.05, 4.69) is 30.2 Å². The first-order valence-electron chi connectivity index (χ1n) is 7.22. The molecule has 0 aliphatic rings. The first-order chi connectivity index (χ1) is 10.0. The number of rotatable bonds is 7. The van der Waals surface area contributed by atoms with Gasteiger partial charge in [0, 0.05) is 25.6 Å². The van der Waals surface area contributed by atoms with Gasteiger partial charge in [0.15, 0.2) is 0 Å². The van der Waals surface area contributed by atoms with E-state index in [4.69, 9.17) is 9.47 Å². The fraction of sp³-hybridized carbons (Fsp3) is 0.471. The lowest BCUT2D eigenvalue weighted by atomic mass is 9.90. The van der Waals surface area contributed by atoms with Gasteiger partial charge in [0.25, 0.3) is 0 Å². The molecule has 1 heterocycles. The number of benzene rings is 1. The van der Waals surface area contributed by atoms with Crippen LogP contribution in [-0.4, -0.2) is 32.4 Å². The first kappa shape index (κ1) is 15.6. The molecular weight excluding hydrogens is 264 g/mol. The van der Waals surface area contributed by atoms with Crippen LogP contribution in [0, 0.1) is 5.41 Å². The van der Waals surface area contributed by atoms with Crippen molar-refractivity contribution in [2.24, 2.45) is 5.41 Å². The highest BCUT2D eigenvalue weighted by atomic mass is 16.5. The molecule has 1 N–H and O–H groups in total. The van der Waals surface area contributed by atoms with Crippen LogP contribution in [0.3, 0.4) is 0 Å². The molecule has 4 nitrogen and oxygen atoms in total. The summed E-state index contributed by atoms with van der Waals surface area (Å²) in [6, 6.07) is 9.98. The van der Waals surface area contributed by atoms with E-state index < -0.39 is 0 Å². The van der Waals surface area contributed by atoms with E-state index in [1.165, 1.54) is 0 Å². The van der Waals surface area contributed by atoms with Crippen molar-refractivity contribution in [3.8, 4) is 5.75 Å². The predicted octanol–water partition coefficient (Wildman–Crippen LogP) is 3.72. The Balaban J connectivity index is 2.06. The molecule has 21 heavy (non-hydrogen) atoms. The van der Waals surface area contributed by atoms with Crippen LogP contribution >= 0.6 is 0 Å². The van der Waals surface area contributed by atoms with Gasteiger partial charge in [0.05, 0.1) is 12.6 Å². The molecule has 114 valence electrons. The van der Waals surface area contributed by atoms with Gasteiger partial charge in [-0.15, -0.1) is 0 Å². The van der Waals surface area contributed by atoms with E-state index in [1.54, 1.807) is 14.2 Å². The van der Waals surface area contributed by atoms with Gasteiger partial charge >= 0.3 is 0 Å². The summed E-state index contributed by atoms with van der Waals surface area (Å²) >= 11 is 0. The van der Waals surface area contributed by atoms with E-state index in [-0.39, 0.29) is 5.41 Å². The standard InChI is InChI=1S/C17H24N2O2/c1-17(2,9-10-20-3)12-18-16-8-5-13-11-14(21-4)6-7-15(13)19-16/h5-8,11H,9-10,12H2,1-4H3,(H,18,19). The molecule has 0 saturated heterocycles. The molecule has 0 aliphatic carbocycles. The van der Waals surface area contributed by atoms with Crippen LogP contribution in [0.5, 0.6) is 5.75 Å². The molecule has 0 radical (unpaired) electrons. The third kappa shape index (κ3) is 4.33. The number of fused-ring (bicyclic) bond motifs is 1. The molecule has 0 fully saturated rings. The number of hydrogen-bond donors (Lipinski definition) is 1. The zero-order valence-corrected chi connectivity index (χ0v) is 13.3. The molecule has 0 spiro atoms. The van der Waals surface area contributed by atoms with Gasteiger partial charge in [-0.1, -0.05) is 13.8 Å². The molecule has 2 rings (SSSR count). The summed E-state index contributed by atoms with van der Waals surface area (Å²) in [7, 11) is 3.41. The normalized spacial score (nSPS) is 11.6. The van der Waals surface area contributed by atoms with Crippen LogP contribution in [-0.2, 0) is 4.74 Å². The lowest BCUT2D eigenvalue weighted by Crippen LogP contribution is -2.24. The van der Waals surface area contributed by atoms with E-state index >= 15 is 0 Å². The Bertz CT molecular complexity index is 596. The summed E-state index contributed by atoms with van der Waals surface area (Å²) in [5.74, 6) is 1.75. The Morgan fingerprint density at radius 1 is 1.14 bits per heavy atom. The minimum Gasteiger partial charge on any atom is -0.497 e. The number of ether oxygens (including phenoxy) is 2. The predicted molar refractivity (Wildman–Crippen MR) is 87.1 cm³/mol. The maximum absolute atomic E-state index is 5.23. The molecule has 4 heteroatoms. The lowest BCUT2D eigenvalue weighted by Gasteiger charge is -2.24. The van der Waals surface area contributed by atoms with Crippen molar-refractivity contribution in [1.82, 2.24) is 4.98 Å². The second-order valence-corrected chi connectivity index (χ2v) is 6.02. The molecule has 1 aromatic carbocycles. The third-order valence-corrected chi connectivity index (χ3v) is 3.63. The minimum absolute atomic E-state index is 0.173. The van der Waals surface area contributed by atoms with E-state index in [1.807, 2.05) is 24.3 Å². The fourth-order valence-electron chi connectivity index (χ4n) is 2.13. The van der Waals surface area contributed by atoms with E-state index in [9.17, 15) is 0 Å². The topological polar surface area (TPSA) is 43.4 Å². The molecule has 0 aliphatic heterocycles. The Labute approximate surface area is 126 Å². The van der Waals surface area contributed by atoms with Gasteiger partial charge in [-0.05, 0) is 42.2 Å². The van der Waals surface area contributed by atoms with Gasteiger partial charge in [-0.3, -0.25) is 0 Å². The Kier molecular flexibility index (Phi) is 5.02. The highest BCUT2D eigenvalue weighted by Crippen LogP contribution is 2.23. The summed E-state index contributed by atoms with van der Waals surface area (Å²) in [5, 5.41) is 4.50. The molecule has 0 bridgehead atoms. The van der Waals surface area contributed by atoms with Crippen LogP contribution < -0.4 is 10.1 Å². The Morgan fingerprint density at radius 2 is 1.95 bits per heavy atom. The molecule has 2 aromatic rings. The van der Waals surface area contributed by atoms with Crippen molar-refractivity contribution in [2.45, 2.75) is 20.3 Å². The first-order valence-corrected chi connectivity index (χ1v) is 7.22. The average Bonchev–Trinajstić information content (AvgIpc) is 2.50. The number of nitrogens with zero attached hydrogens (tertiary/aromatic N) is 1. The number of methoxy groups -OCH3 is 2. The van der Waals surface area contributed by atoms with Crippen molar-refractivity contribution in [2.75, 3.05) is 32.7 Å². The van der Waals surface area contributed by atoms with Crippen LogP contribution in [0.1, 0.15) is 20.3 Å². The summed E-state index contributed by atoms with van der Waals surface area (Å²) in [6.07, 6.45) is 1.02. The van der Waals surface area contributed by atoms with Crippen molar-refractivity contribution in [1.29, 1.82) is 0 Å². The second-order valence-electron chi connectivity index (χ2n) is 6.02. The van der Waals surface area contributed by atoms with Gasteiger partial charge < -0.3 is 14.8 Å². The zero-order valence-electron chi connectivity index (χ0n) is 13.3. The van der Waals surface area contributed by atoms with Crippen LogP contribution in [0.2, 0.25) is 0 Å². The fourth-order valence-corrected chi connectivity index (χ4v) is 2.13. The van der Waals surface area contributed by atoms with Gasteiger partial charge in [-0.25, -0.2) is 4.98 Å². The summed E-state index contributed by atoms with van der Waals surface area (Å²) in [5.41, 5.74) is 1.14. The van der Waals surface area contributed by atoms with Crippen molar-refractivity contribution < 1.29 is 9.47 Å². The second kappa shape index (κ2) is 6.76. The maximum atomic E-state index is 5.23. The molecular formula is C17H24N2O2. The average molecular weight is 288 g/mol. The molecule has 0 saturated carbocycles. The number of pyridine rings is 1. The largest absolute Gasteiger partial charge is 0.497 e. The van der Waals surface area contributed by atoms with E-state index in [0.717, 1.165) is 42.0 Å². The summed E-state index contributed by atoms with van der Waals surface area (Å²) in [4.78, 5) is 4.64. The van der Waals surface area contributed by atoms with Gasteiger partial charge in [0.2, 0.25) is 0 Å².